The minimum atomic E-state index is -4.50. The third-order valence-corrected chi connectivity index (χ3v) is 3.44. The minimum Gasteiger partial charge on any atom is -0.444 e. The van der Waals surface area contributed by atoms with Gasteiger partial charge in [-0.2, -0.15) is 8.42 Å². The molecule has 1 saturated carbocycles. The van der Waals surface area contributed by atoms with Gasteiger partial charge in [-0.1, -0.05) is 0 Å². The second-order valence-electron chi connectivity index (χ2n) is 5.69. The molecule has 1 rings (SSSR count). The summed E-state index contributed by atoms with van der Waals surface area (Å²) in [6, 6.07) is 0. The van der Waals surface area contributed by atoms with E-state index in [9.17, 15) is 17.1 Å². The molecular weight excluding hydrogens is 261 g/mol. The molecule has 106 valence electrons. The van der Waals surface area contributed by atoms with Crippen molar-refractivity contribution in [2.45, 2.75) is 39.2 Å². The fourth-order valence-electron chi connectivity index (χ4n) is 1.71. The van der Waals surface area contributed by atoms with E-state index in [1.54, 1.807) is 20.8 Å². The maximum absolute atomic E-state index is 12.7. The van der Waals surface area contributed by atoms with E-state index in [1.165, 1.54) is 0 Å². The Kier molecular flexibility index (Phi) is 4.58. The number of amides is 1. The molecule has 1 amide bonds. The third-order valence-electron chi connectivity index (χ3n) is 2.61. The molecule has 1 unspecified atom stereocenters. The molecule has 18 heavy (non-hydrogen) atoms. The lowest BCUT2D eigenvalue weighted by atomic mass is 10.1. The first kappa shape index (κ1) is 15.2. The molecule has 0 aromatic carbocycles. The topological polar surface area (TPSA) is 72.5 Å². The predicted molar refractivity (Wildman–Crippen MR) is 65.3 cm³/mol. The van der Waals surface area contributed by atoms with Crippen molar-refractivity contribution in [2.24, 2.45) is 11.8 Å². The standard InChI is InChI=1S/C11H20FNO4S/c1-11(2,3)17-10(14)13-6-9(8-4-5-8)7-18(12,15)16/h8-9H,4-7H2,1-3H3,(H,13,14). The fraction of sp³-hybridized carbons (Fsp3) is 0.909. The van der Waals surface area contributed by atoms with Crippen molar-refractivity contribution >= 4 is 16.3 Å². The molecule has 0 aromatic heterocycles. The predicted octanol–water partition coefficient (Wildman–Crippen LogP) is 1.84. The van der Waals surface area contributed by atoms with Crippen LogP contribution in [0.15, 0.2) is 0 Å². The van der Waals surface area contributed by atoms with Crippen LogP contribution in [-0.4, -0.2) is 32.4 Å². The summed E-state index contributed by atoms with van der Waals surface area (Å²) in [5, 5.41) is 2.49. The van der Waals surface area contributed by atoms with Gasteiger partial charge in [-0.15, -0.1) is 3.89 Å². The van der Waals surface area contributed by atoms with Crippen molar-refractivity contribution in [3.63, 3.8) is 0 Å². The van der Waals surface area contributed by atoms with Crippen LogP contribution in [0.5, 0.6) is 0 Å². The van der Waals surface area contributed by atoms with E-state index >= 15 is 0 Å². The molecule has 0 bridgehead atoms. The Hall–Kier alpha value is -0.850. The number of nitrogens with one attached hydrogen (secondary N) is 1. The SMILES string of the molecule is CC(C)(C)OC(=O)NCC(CS(=O)(=O)F)C1CC1. The number of rotatable bonds is 5. The lowest BCUT2D eigenvalue weighted by molar-refractivity contribution is 0.0519. The van der Waals surface area contributed by atoms with Crippen LogP contribution in [0.1, 0.15) is 33.6 Å². The van der Waals surface area contributed by atoms with Crippen LogP contribution in [0.3, 0.4) is 0 Å². The lowest BCUT2D eigenvalue weighted by Crippen LogP contribution is -2.37. The third kappa shape index (κ3) is 6.78. The summed E-state index contributed by atoms with van der Waals surface area (Å²) in [5.41, 5.74) is -0.606. The Balaban J connectivity index is 2.41. The van der Waals surface area contributed by atoms with E-state index in [-0.39, 0.29) is 18.4 Å². The summed E-state index contributed by atoms with van der Waals surface area (Å²) in [4.78, 5) is 11.4. The van der Waals surface area contributed by atoms with Crippen molar-refractivity contribution in [3.8, 4) is 0 Å². The molecule has 0 heterocycles. The van der Waals surface area contributed by atoms with Crippen LogP contribution in [0.4, 0.5) is 8.68 Å². The minimum absolute atomic E-state index is 0.128. The summed E-state index contributed by atoms with van der Waals surface area (Å²) in [5.74, 6) is -0.717. The molecule has 0 saturated heterocycles. The van der Waals surface area contributed by atoms with Crippen molar-refractivity contribution in [3.05, 3.63) is 0 Å². The van der Waals surface area contributed by atoms with Crippen LogP contribution in [0, 0.1) is 11.8 Å². The summed E-state index contributed by atoms with van der Waals surface area (Å²) >= 11 is 0. The molecule has 1 fully saturated rings. The quantitative estimate of drug-likeness (QED) is 0.780. The number of carbonyl (C=O) groups excluding carboxylic acids is 1. The van der Waals surface area contributed by atoms with Crippen LogP contribution in [0.2, 0.25) is 0 Å². The molecule has 0 radical (unpaired) electrons. The van der Waals surface area contributed by atoms with Gasteiger partial charge in [0.2, 0.25) is 0 Å². The number of alkyl carbamates (subject to hydrolysis) is 1. The Bertz CT molecular complexity index is 398. The van der Waals surface area contributed by atoms with Gasteiger partial charge in [-0.25, -0.2) is 4.79 Å². The Labute approximate surface area is 107 Å². The van der Waals surface area contributed by atoms with E-state index in [0.29, 0.717) is 0 Å². The molecule has 0 aliphatic heterocycles. The zero-order chi connectivity index (χ0) is 14.0. The van der Waals surface area contributed by atoms with Crippen molar-refractivity contribution in [1.82, 2.24) is 5.32 Å². The Morgan fingerprint density at radius 2 is 2.00 bits per heavy atom. The van der Waals surface area contributed by atoms with Gasteiger partial charge in [0, 0.05) is 6.54 Å². The number of ether oxygens (including phenoxy) is 1. The van der Waals surface area contributed by atoms with Gasteiger partial charge in [0.25, 0.3) is 0 Å². The molecule has 0 spiro atoms. The fourth-order valence-corrected chi connectivity index (χ4v) is 2.62. The Morgan fingerprint density at radius 1 is 1.44 bits per heavy atom. The zero-order valence-corrected chi connectivity index (χ0v) is 11.7. The van der Waals surface area contributed by atoms with Crippen LogP contribution in [0.25, 0.3) is 0 Å². The van der Waals surface area contributed by atoms with E-state index in [1.807, 2.05) is 0 Å². The number of hydrogen-bond acceptors (Lipinski definition) is 4. The smallest absolute Gasteiger partial charge is 0.407 e. The van der Waals surface area contributed by atoms with Gasteiger partial charge >= 0.3 is 16.3 Å². The maximum Gasteiger partial charge on any atom is 0.407 e. The van der Waals surface area contributed by atoms with Crippen LogP contribution in [-0.2, 0) is 15.0 Å². The molecule has 1 aliphatic rings. The molecule has 5 nitrogen and oxygen atoms in total. The largest absolute Gasteiger partial charge is 0.444 e. The summed E-state index contributed by atoms with van der Waals surface area (Å²) in [6.45, 7) is 5.33. The van der Waals surface area contributed by atoms with Gasteiger partial charge in [0.05, 0.1) is 5.75 Å². The first-order chi connectivity index (χ1) is 8.07. The summed E-state index contributed by atoms with van der Waals surface area (Å²) < 4.78 is 38.9. The van der Waals surface area contributed by atoms with Crippen molar-refractivity contribution < 1.29 is 21.8 Å². The summed E-state index contributed by atoms with van der Waals surface area (Å²) in [7, 11) is -4.50. The number of carbonyl (C=O) groups is 1. The highest BCUT2D eigenvalue weighted by atomic mass is 32.3. The van der Waals surface area contributed by atoms with Crippen molar-refractivity contribution in [2.75, 3.05) is 12.3 Å². The molecule has 1 N–H and O–H groups in total. The van der Waals surface area contributed by atoms with Gasteiger partial charge in [-0.3, -0.25) is 0 Å². The molecule has 1 aliphatic carbocycles. The normalized spacial score (nSPS) is 18.2. The number of hydrogen-bond donors (Lipinski definition) is 1. The van der Waals surface area contributed by atoms with E-state index in [0.717, 1.165) is 12.8 Å². The van der Waals surface area contributed by atoms with Gasteiger partial charge in [0.1, 0.15) is 5.60 Å². The van der Waals surface area contributed by atoms with E-state index in [4.69, 9.17) is 4.74 Å². The van der Waals surface area contributed by atoms with E-state index in [2.05, 4.69) is 5.32 Å². The zero-order valence-electron chi connectivity index (χ0n) is 10.9. The van der Waals surface area contributed by atoms with Crippen LogP contribution >= 0.6 is 0 Å². The molecule has 1 atom stereocenters. The lowest BCUT2D eigenvalue weighted by Gasteiger charge is -2.21. The average Bonchev–Trinajstić information content (AvgIpc) is 2.90. The van der Waals surface area contributed by atoms with Crippen molar-refractivity contribution in [1.29, 1.82) is 0 Å². The highest BCUT2D eigenvalue weighted by molar-refractivity contribution is 7.86. The highest BCUT2D eigenvalue weighted by Crippen LogP contribution is 2.37. The van der Waals surface area contributed by atoms with E-state index < -0.39 is 27.7 Å². The monoisotopic (exact) mass is 281 g/mol. The second-order valence-corrected chi connectivity index (χ2v) is 7.10. The summed E-state index contributed by atoms with van der Waals surface area (Å²) in [6.07, 6.45) is 1.16. The average molecular weight is 281 g/mol. The van der Waals surface area contributed by atoms with Gasteiger partial charge in [-0.05, 0) is 45.4 Å². The first-order valence-corrected chi connectivity index (χ1v) is 7.51. The highest BCUT2D eigenvalue weighted by Gasteiger charge is 2.34. The van der Waals surface area contributed by atoms with Gasteiger partial charge < -0.3 is 10.1 Å². The first-order valence-electron chi connectivity index (χ1n) is 5.96. The van der Waals surface area contributed by atoms with Crippen LogP contribution < -0.4 is 5.32 Å². The number of halogens is 1. The Morgan fingerprint density at radius 3 is 2.39 bits per heavy atom. The molecule has 0 aromatic rings. The van der Waals surface area contributed by atoms with Gasteiger partial charge in [0.15, 0.2) is 0 Å². The maximum atomic E-state index is 12.7. The second kappa shape index (κ2) is 5.42. The molecular formula is C11H20FNO4S. The molecule has 7 heteroatoms.